The maximum atomic E-state index is 11.8. The second-order valence-electron chi connectivity index (χ2n) is 7.46. The number of aromatic nitrogens is 1. The SMILES string of the molecule is CN(C)C(=O)COC[C@@]12CCCO[C@@H]1CCN(Cc1ccncc1)C2. The number of likely N-dealkylation sites (N-methyl/N-ethyl adjacent to an activating group) is 1. The summed E-state index contributed by atoms with van der Waals surface area (Å²) >= 11 is 0. The van der Waals surface area contributed by atoms with Gasteiger partial charge in [0.15, 0.2) is 0 Å². The lowest BCUT2D eigenvalue weighted by Gasteiger charge is -2.50. The molecule has 0 spiro atoms. The van der Waals surface area contributed by atoms with Gasteiger partial charge in [0.2, 0.25) is 5.91 Å². The van der Waals surface area contributed by atoms with Crippen molar-refractivity contribution in [3.05, 3.63) is 30.1 Å². The molecule has 2 aliphatic rings. The molecule has 138 valence electrons. The second-order valence-corrected chi connectivity index (χ2v) is 7.46. The summed E-state index contributed by atoms with van der Waals surface area (Å²) in [4.78, 5) is 20.0. The summed E-state index contributed by atoms with van der Waals surface area (Å²) in [5.41, 5.74) is 1.28. The predicted molar refractivity (Wildman–Crippen MR) is 95.1 cm³/mol. The minimum Gasteiger partial charge on any atom is -0.377 e. The van der Waals surface area contributed by atoms with Gasteiger partial charge >= 0.3 is 0 Å². The first kappa shape index (κ1) is 18.3. The Morgan fingerprint density at radius 2 is 2.24 bits per heavy atom. The topological polar surface area (TPSA) is 54.9 Å². The van der Waals surface area contributed by atoms with Crippen LogP contribution < -0.4 is 0 Å². The lowest BCUT2D eigenvalue weighted by Crippen LogP contribution is -2.56. The van der Waals surface area contributed by atoms with Gasteiger partial charge in [0, 0.05) is 58.1 Å². The van der Waals surface area contributed by atoms with Crippen molar-refractivity contribution >= 4 is 5.91 Å². The van der Waals surface area contributed by atoms with E-state index >= 15 is 0 Å². The fraction of sp³-hybridized carbons (Fsp3) is 0.684. The third kappa shape index (κ3) is 4.57. The first-order valence-electron chi connectivity index (χ1n) is 9.10. The van der Waals surface area contributed by atoms with Crippen molar-refractivity contribution in [3.8, 4) is 0 Å². The fourth-order valence-electron chi connectivity index (χ4n) is 3.95. The molecule has 1 aromatic heterocycles. The molecule has 0 N–H and O–H groups in total. The van der Waals surface area contributed by atoms with Crippen LogP contribution in [-0.4, -0.2) is 73.8 Å². The molecule has 0 saturated carbocycles. The maximum absolute atomic E-state index is 11.8. The van der Waals surface area contributed by atoms with E-state index in [4.69, 9.17) is 9.47 Å². The molecule has 0 aliphatic carbocycles. The number of hydrogen-bond donors (Lipinski definition) is 0. The number of carbonyl (C=O) groups is 1. The first-order chi connectivity index (χ1) is 12.1. The summed E-state index contributed by atoms with van der Waals surface area (Å²) in [6, 6.07) is 4.14. The molecule has 25 heavy (non-hydrogen) atoms. The van der Waals surface area contributed by atoms with E-state index in [2.05, 4.69) is 22.0 Å². The van der Waals surface area contributed by atoms with E-state index < -0.39 is 0 Å². The Morgan fingerprint density at radius 1 is 1.44 bits per heavy atom. The maximum Gasteiger partial charge on any atom is 0.248 e. The Hall–Kier alpha value is -1.50. The minimum atomic E-state index is -0.00385. The number of rotatable bonds is 6. The smallest absolute Gasteiger partial charge is 0.248 e. The molecule has 2 fully saturated rings. The average Bonchev–Trinajstić information content (AvgIpc) is 2.62. The quantitative estimate of drug-likeness (QED) is 0.782. The Bertz CT molecular complexity index is 566. The van der Waals surface area contributed by atoms with Crippen molar-refractivity contribution in [2.24, 2.45) is 5.41 Å². The Kier molecular flexibility index (Phi) is 6.04. The van der Waals surface area contributed by atoms with Crippen LogP contribution in [0.25, 0.3) is 0 Å². The van der Waals surface area contributed by atoms with Crippen LogP contribution in [0.15, 0.2) is 24.5 Å². The van der Waals surface area contributed by atoms with Crippen LogP contribution in [0.5, 0.6) is 0 Å². The highest BCUT2D eigenvalue weighted by Crippen LogP contribution is 2.40. The van der Waals surface area contributed by atoms with Gasteiger partial charge in [-0.05, 0) is 37.0 Å². The zero-order chi connectivity index (χ0) is 17.7. The molecule has 2 atom stereocenters. The molecule has 6 nitrogen and oxygen atoms in total. The molecule has 0 radical (unpaired) electrons. The number of hydrogen-bond acceptors (Lipinski definition) is 5. The molecule has 2 saturated heterocycles. The van der Waals surface area contributed by atoms with Crippen molar-refractivity contribution in [1.29, 1.82) is 0 Å². The predicted octanol–water partition coefficient (Wildman–Crippen LogP) is 1.56. The fourth-order valence-corrected chi connectivity index (χ4v) is 3.95. The molecule has 2 aliphatic heterocycles. The molecule has 0 aromatic carbocycles. The molecule has 3 rings (SSSR count). The van der Waals surface area contributed by atoms with Crippen molar-refractivity contribution in [1.82, 2.24) is 14.8 Å². The largest absolute Gasteiger partial charge is 0.377 e. The number of carbonyl (C=O) groups excluding carboxylic acids is 1. The lowest BCUT2D eigenvalue weighted by atomic mass is 9.73. The average molecular weight is 347 g/mol. The van der Waals surface area contributed by atoms with Gasteiger partial charge in [-0.15, -0.1) is 0 Å². The number of nitrogens with zero attached hydrogens (tertiary/aromatic N) is 3. The molecule has 0 unspecified atom stereocenters. The number of piperidine rings is 1. The second kappa shape index (κ2) is 8.25. The standard InChI is InChI=1S/C19H29N3O3/c1-21(2)18(23)13-24-15-19-7-3-11-25-17(19)6-10-22(14-19)12-16-4-8-20-9-5-16/h4-5,8-9,17H,3,6-7,10-15H2,1-2H3/t17-,19+/m1/s1. The van der Waals surface area contributed by atoms with Gasteiger partial charge in [-0.1, -0.05) is 0 Å². The Labute approximate surface area is 150 Å². The summed E-state index contributed by atoms with van der Waals surface area (Å²) in [7, 11) is 3.52. The van der Waals surface area contributed by atoms with E-state index in [1.54, 1.807) is 19.0 Å². The number of amides is 1. The lowest BCUT2D eigenvalue weighted by molar-refractivity contribution is -0.160. The van der Waals surface area contributed by atoms with E-state index in [9.17, 15) is 4.79 Å². The third-order valence-electron chi connectivity index (χ3n) is 5.34. The third-order valence-corrected chi connectivity index (χ3v) is 5.34. The van der Waals surface area contributed by atoms with Gasteiger partial charge in [-0.25, -0.2) is 0 Å². The van der Waals surface area contributed by atoms with E-state index in [1.165, 1.54) is 5.56 Å². The van der Waals surface area contributed by atoms with Crippen molar-refractivity contribution in [2.45, 2.75) is 31.9 Å². The van der Waals surface area contributed by atoms with Gasteiger partial charge < -0.3 is 14.4 Å². The molecular formula is C19H29N3O3. The highest BCUT2D eigenvalue weighted by Gasteiger charge is 2.46. The molecule has 3 heterocycles. The minimum absolute atomic E-state index is 0.00385. The van der Waals surface area contributed by atoms with Gasteiger partial charge in [0.25, 0.3) is 0 Å². The van der Waals surface area contributed by atoms with Crippen LogP contribution in [0.2, 0.25) is 0 Å². The van der Waals surface area contributed by atoms with Crippen LogP contribution in [0.4, 0.5) is 0 Å². The number of pyridine rings is 1. The molecule has 0 bridgehead atoms. The van der Waals surface area contributed by atoms with Crippen molar-refractivity contribution in [3.63, 3.8) is 0 Å². The van der Waals surface area contributed by atoms with Crippen LogP contribution in [-0.2, 0) is 20.8 Å². The van der Waals surface area contributed by atoms with E-state index in [-0.39, 0.29) is 24.0 Å². The molecule has 1 aromatic rings. The number of ether oxygens (including phenoxy) is 2. The number of likely N-dealkylation sites (tertiary alicyclic amines) is 1. The van der Waals surface area contributed by atoms with E-state index in [0.717, 1.165) is 45.5 Å². The summed E-state index contributed by atoms with van der Waals surface area (Å²) < 4.78 is 11.9. The van der Waals surface area contributed by atoms with Crippen molar-refractivity contribution < 1.29 is 14.3 Å². The molecule has 1 amide bonds. The monoisotopic (exact) mass is 347 g/mol. The molecule has 6 heteroatoms. The summed E-state index contributed by atoms with van der Waals surface area (Å²) in [5, 5.41) is 0. The van der Waals surface area contributed by atoms with E-state index in [1.807, 2.05) is 12.4 Å². The number of fused-ring (bicyclic) bond motifs is 1. The summed E-state index contributed by atoms with van der Waals surface area (Å²) in [6.07, 6.45) is 7.11. The van der Waals surface area contributed by atoms with Crippen LogP contribution in [0.3, 0.4) is 0 Å². The molecular weight excluding hydrogens is 318 g/mol. The van der Waals surface area contributed by atoms with Crippen molar-refractivity contribution in [2.75, 3.05) is 47.0 Å². The summed E-state index contributed by atoms with van der Waals surface area (Å²) in [6.45, 7) is 4.48. The normalized spacial score (nSPS) is 26.9. The zero-order valence-corrected chi connectivity index (χ0v) is 15.3. The van der Waals surface area contributed by atoms with Gasteiger partial charge in [0.05, 0.1) is 12.7 Å². The van der Waals surface area contributed by atoms with Crippen LogP contribution >= 0.6 is 0 Å². The summed E-state index contributed by atoms with van der Waals surface area (Å²) in [5.74, 6) is 0.00845. The van der Waals surface area contributed by atoms with Crippen LogP contribution in [0.1, 0.15) is 24.8 Å². The van der Waals surface area contributed by atoms with Gasteiger partial charge in [0.1, 0.15) is 6.61 Å². The van der Waals surface area contributed by atoms with E-state index in [0.29, 0.717) is 6.61 Å². The Balaban J connectivity index is 1.63. The van der Waals surface area contributed by atoms with Gasteiger partial charge in [-0.3, -0.25) is 14.7 Å². The van der Waals surface area contributed by atoms with Gasteiger partial charge in [-0.2, -0.15) is 0 Å². The highest BCUT2D eigenvalue weighted by molar-refractivity contribution is 5.76. The van der Waals surface area contributed by atoms with Crippen LogP contribution in [0, 0.1) is 5.41 Å². The first-order valence-corrected chi connectivity index (χ1v) is 9.10. The highest BCUT2D eigenvalue weighted by atomic mass is 16.5. The Morgan fingerprint density at radius 3 is 3.00 bits per heavy atom. The zero-order valence-electron chi connectivity index (χ0n) is 15.3.